The molecule has 23 heavy (non-hydrogen) atoms. The molecule has 3 heterocycles. The van der Waals surface area contributed by atoms with Crippen molar-refractivity contribution in [2.45, 2.75) is 5.92 Å². The number of ether oxygens (including phenoxy) is 2. The molecule has 2 aromatic carbocycles. The second kappa shape index (κ2) is 4.62. The quantitative estimate of drug-likeness (QED) is 0.598. The van der Waals surface area contributed by atoms with Gasteiger partial charge in [-0.05, 0) is 18.2 Å². The third kappa shape index (κ3) is 1.75. The summed E-state index contributed by atoms with van der Waals surface area (Å²) in [6, 6.07) is 15.4. The van der Waals surface area contributed by atoms with Crippen molar-refractivity contribution < 1.29 is 13.9 Å². The van der Waals surface area contributed by atoms with Gasteiger partial charge in [-0.2, -0.15) is 0 Å². The van der Waals surface area contributed by atoms with Crippen molar-refractivity contribution in [3.05, 3.63) is 70.1 Å². The summed E-state index contributed by atoms with van der Waals surface area (Å²) in [5.41, 5.74) is 1.91. The fourth-order valence-electron chi connectivity index (χ4n) is 3.70. The van der Waals surface area contributed by atoms with Crippen molar-refractivity contribution in [1.82, 2.24) is 0 Å². The zero-order chi connectivity index (χ0) is 15.4. The van der Waals surface area contributed by atoms with E-state index < -0.39 is 0 Å². The first-order valence-electron chi connectivity index (χ1n) is 7.73. The number of para-hydroxylation sites is 2. The van der Waals surface area contributed by atoms with E-state index >= 15 is 0 Å². The average Bonchev–Trinajstić information content (AvgIpc) is 2.61. The fraction of sp³-hybridized carbons (Fsp3) is 0.211. The molecule has 0 saturated carbocycles. The minimum absolute atomic E-state index is 0.0374. The Balaban J connectivity index is 1.84. The Morgan fingerprint density at radius 3 is 2.65 bits per heavy atom. The van der Waals surface area contributed by atoms with Gasteiger partial charge in [0.15, 0.2) is 0 Å². The van der Waals surface area contributed by atoms with Gasteiger partial charge in [0, 0.05) is 17.4 Å². The van der Waals surface area contributed by atoms with Crippen LogP contribution < -0.4 is 15.1 Å². The SMILES string of the molecule is O=c1oc2ccccc2c2c1[C@@H]1c3ccccc3OC[C@@H]1CO2. The monoisotopic (exact) mass is 306 g/mol. The van der Waals surface area contributed by atoms with E-state index in [-0.39, 0.29) is 17.5 Å². The van der Waals surface area contributed by atoms with Crippen LogP contribution in [0.4, 0.5) is 0 Å². The molecule has 0 bridgehead atoms. The molecule has 2 aliphatic heterocycles. The third-order valence-electron chi connectivity index (χ3n) is 4.73. The third-order valence-corrected chi connectivity index (χ3v) is 4.73. The first-order chi connectivity index (χ1) is 11.3. The van der Waals surface area contributed by atoms with Crippen molar-refractivity contribution in [3.8, 4) is 11.5 Å². The van der Waals surface area contributed by atoms with Gasteiger partial charge in [-0.25, -0.2) is 4.79 Å². The van der Waals surface area contributed by atoms with Crippen LogP contribution >= 0.6 is 0 Å². The maximum atomic E-state index is 12.7. The van der Waals surface area contributed by atoms with Crippen molar-refractivity contribution in [2.24, 2.45) is 5.92 Å². The van der Waals surface area contributed by atoms with E-state index in [1.165, 1.54) is 0 Å². The molecule has 0 N–H and O–H groups in total. The second-order valence-corrected chi connectivity index (χ2v) is 6.03. The standard InChI is InChI=1S/C19H14O4/c20-19-17-16-11(9-21-14-7-3-1-5-12(14)16)10-22-18(17)13-6-2-4-8-15(13)23-19/h1-8,11,16H,9-10H2/t11-,16+/m1/s1. The lowest BCUT2D eigenvalue weighted by Crippen LogP contribution is -2.37. The Morgan fingerprint density at radius 1 is 0.913 bits per heavy atom. The molecule has 0 aliphatic carbocycles. The lowest BCUT2D eigenvalue weighted by atomic mass is 9.78. The summed E-state index contributed by atoms with van der Waals surface area (Å²) in [5.74, 6) is 1.59. The van der Waals surface area contributed by atoms with Crippen LogP contribution in [0, 0.1) is 5.92 Å². The maximum Gasteiger partial charge on any atom is 0.343 e. The lowest BCUT2D eigenvalue weighted by Gasteiger charge is -2.37. The normalized spacial score (nSPS) is 21.6. The average molecular weight is 306 g/mol. The molecule has 2 atom stereocenters. The largest absolute Gasteiger partial charge is 0.493 e. The van der Waals surface area contributed by atoms with Crippen LogP contribution in [0.1, 0.15) is 17.0 Å². The predicted octanol–water partition coefficient (Wildman–Crippen LogP) is 3.33. The van der Waals surface area contributed by atoms with E-state index in [2.05, 4.69) is 0 Å². The van der Waals surface area contributed by atoms with E-state index in [9.17, 15) is 4.79 Å². The van der Waals surface area contributed by atoms with Crippen LogP contribution in [0.5, 0.6) is 11.5 Å². The topological polar surface area (TPSA) is 48.7 Å². The first-order valence-corrected chi connectivity index (χ1v) is 7.73. The van der Waals surface area contributed by atoms with Crippen LogP contribution in [0.25, 0.3) is 11.0 Å². The van der Waals surface area contributed by atoms with E-state index in [0.29, 0.717) is 30.1 Å². The van der Waals surface area contributed by atoms with Crippen molar-refractivity contribution in [3.63, 3.8) is 0 Å². The molecule has 3 aromatic rings. The van der Waals surface area contributed by atoms with Gasteiger partial charge in [0.25, 0.3) is 0 Å². The molecular weight excluding hydrogens is 292 g/mol. The highest BCUT2D eigenvalue weighted by Gasteiger charge is 2.40. The van der Waals surface area contributed by atoms with Gasteiger partial charge >= 0.3 is 5.63 Å². The van der Waals surface area contributed by atoms with Crippen LogP contribution in [0.2, 0.25) is 0 Å². The van der Waals surface area contributed by atoms with Gasteiger partial charge in [0.05, 0.1) is 24.2 Å². The lowest BCUT2D eigenvalue weighted by molar-refractivity contribution is 0.125. The Kier molecular flexibility index (Phi) is 2.56. The fourth-order valence-corrected chi connectivity index (χ4v) is 3.70. The van der Waals surface area contributed by atoms with Gasteiger partial charge in [-0.15, -0.1) is 0 Å². The zero-order valence-corrected chi connectivity index (χ0v) is 12.3. The molecule has 4 nitrogen and oxygen atoms in total. The molecule has 114 valence electrons. The number of rotatable bonds is 0. The van der Waals surface area contributed by atoms with E-state index in [0.717, 1.165) is 16.7 Å². The predicted molar refractivity (Wildman–Crippen MR) is 85.2 cm³/mol. The minimum Gasteiger partial charge on any atom is -0.493 e. The van der Waals surface area contributed by atoms with Gasteiger partial charge in [-0.3, -0.25) is 0 Å². The molecule has 0 fully saturated rings. The molecule has 0 amide bonds. The van der Waals surface area contributed by atoms with E-state index in [1.807, 2.05) is 42.5 Å². The van der Waals surface area contributed by atoms with Crippen LogP contribution in [0.3, 0.4) is 0 Å². The maximum absolute atomic E-state index is 12.7. The summed E-state index contributed by atoms with van der Waals surface area (Å²) in [6.07, 6.45) is 0. The summed E-state index contributed by atoms with van der Waals surface area (Å²) in [7, 11) is 0. The first kappa shape index (κ1) is 12.8. The van der Waals surface area contributed by atoms with E-state index in [4.69, 9.17) is 13.9 Å². The highest BCUT2D eigenvalue weighted by molar-refractivity contribution is 5.85. The Bertz CT molecular complexity index is 973. The van der Waals surface area contributed by atoms with Crippen LogP contribution in [-0.4, -0.2) is 13.2 Å². The molecule has 4 heteroatoms. The number of benzene rings is 2. The summed E-state index contributed by atoms with van der Waals surface area (Å²) >= 11 is 0. The van der Waals surface area contributed by atoms with Gasteiger partial charge < -0.3 is 13.9 Å². The smallest absolute Gasteiger partial charge is 0.343 e. The number of fused-ring (bicyclic) bond motifs is 7. The summed E-state index contributed by atoms with van der Waals surface area (Å²) in [5, 5.41) is 0.851. The molecule has 5 rings (SSSR count). The van der Waals surface area contributed by atoms with Crippen molar-refractivity contribution >= 4 is 11.0 Å². The molecule has 0 unspecified atom stereocenters. The molecule has 0 spiro atoms. The Labute approximate surface area is 132 Å². The van der Waals surface area contributed by atoms with Gasteiger partial charge in [0.1, 0.15) is 17.1 Å². The van der Waals surface area contributed by atoms with Gasteiger partial charge in [-0.1, -0.05) is 30.3 Å². The Hall–Kier alpha value is -2.75. The van der Waals surface area contributed by atoms with Crippen molar-refractivity contribution in [2.75, 3.05) is 13.2 Å². The number of hydrogen-bond donors (Lipinski definition) is 0. The summed E-state index contributed by atoms with van der Waals surface area (Å²) in [6.45, 7) is 1.09. The summed E-state index contributed by atoms with van der Waals surface area (Å²) < 4.78 is 17.3. The van der Waals surface area contributed by atoms with Gasteiger partial charge in [0.2, 0.25) is 0 Å². The Morgan fingerprint density at radius 2 is 1.70 bits per heavy atom. The second-order valence-electron chi connectivity index (χ2n) is 6.03. The molecule has 2 aliphatic rings. The molecule has 1 aromatic heterocycles. The molecule has 0 radical (unpaired) electrons. The highest BCUT2D eigenvalue weighted by atomic mass is 16.5. The number of hydrogen-bond acceptors (Lipinski definition) is 4. The van der Waals surface area contributed by atoms with Crippen LogP contribution in [-0.2, 0) is 0 Å². The van der Waals surface area contributed by atoms with E-state index in [1.54, 1.807) is 6.07 Å². The minimum atomic E-state index is -0.315. The molecule has 0 saturated heterocycles. The summed E-state index contributed by atoms with van der Waals surface area (Å²) in [4.78, 5) is 12.7. The van der Waals surface area contributed by atoms with Crippen LogP contribution in [0.15, 0.2) is 57.7 Å². The molecular formula is C19H14O4. The highest BCUT2D eigenvalue weighted by Crippen LogP contribution is 2.47. The zero-order valence-electron chi connectivity index (χ0n) is 12.3. The van der Waals surface area contributed by atoms with Crippen molar-refractivity contribution in [1.29, 1.82) is 0 Å².